The molecule has 0 fully saturated rings. The van der Waals surface area contributed by atoms with Crippen LogP contribution in [0.3, 0.4) is 0 Å². The van der Waals surface area contributed by atoms with Gasteiger partial charge in [0.15, 0.2) is 0 Å². The van der Waals surface area contributed by atoms with Gasteiger partial charge in [0.1, 0.15) is 5.82 Å². The predicted molar refractivity (Wildman–Crippen MR) is 70.6 cm³/mol. The number of hydrazine groups is 1. The van der Waals surface area contributed by atoms with Gasteiger partial charge in [0.05, 0.1) is 0 Å². The van der Waals surface area contributed by atoms with Gasteiger partial charge in [0.2, 0.25) is 5.95 Å². The molecule has 1 aromatic rings. The second kappa shape index (κ2) is 8.18. The summed E-state index contributed by atoms with van der Waals surface area (Å²) in [5.41, 5.74) is 2.42. The van der Waals surface area contributed by atoms with E-state index in [-0.39, 0.29) is 0 Å². The van der Waals surface area contributed by atoms with Crippen molar-refractivity contribution in [3.8, 4) is 0 Å². The Hall–Kier alpha value is -1.01. The lowest BCUT2D eigenvalue weighted by Crippen LogP contribution is -2.12. The molecule has 0 saturated carbocycles. The van der Waals surface area contributed by atoms with Crippen molar-refractivity contribution in [1.29, 1.82) is 0 Å². The summed E-state index contributed by atoms with van der Waals surface area (Å²) in [6.45, 7) is 0.940. The van der Waals surface area contributed by atoms with Crippen LogP contribution in [0.4, 0.5) is 11.8 Å². The average molecular weight is 241 g/mol. The monoisotopic (exact) mass is 241 g/mol. The summed E-state index contributed by atoms with van der Waals surface area (Å²) in [6.07, 6.45) is 7.51. The van der Waals surface area contributed by atoms with E-state index in [1.807, 2.05) is 17.8 Å². The molecule has 0 aliphatic heterocycles. The molecule has 5 nitrogen and oxygen atoms in total. The molecule has 1 aromatic heterocycles. The van der Waals surface area contributed by atoms with Crippen LogP contribution in [0.15, 0.2) is 12.3 Å². The number of nitrogens with zero attached hydrogens (tertiary/aromatic N) is 2. The topological polar surface area (TPSA) is 75.9 Å². The van der Waals surface area contributed by atoms with E-state index in [1.54, 1.807) is 6.20 Å². The molecule has 0 saturated heterocycles. The molecule has 0 bridgehead atoms. The minimum atomic E-state index is 0.437. The number of unbranched alkanes of at least 4 members (excludes halogenated alkanes) is 2. The minimum Gasteiger partial charge on any atom is -0.370 e. The largest absolute Gasteiger partial charge is 0.370 e. The number of hydrogen-bond donors (Lipinski definition) is 3. The number of aromatic nitrogens is 2. The van der Waals surface area contributed by atoms with Crippen molar-refractivity contribution < 1.29 is 0 Å². The molecule has 16 heavy (non-hydrogen) atoms. The number of thioether (sulfide) groups is 1. The van der Waals surface area contributed by atoms with Crippen molar-refractivity contribution in [3.05, 3.63) is 12.3 Å². The maximum atomic E-state index is 5.22. The zero-order valence-electron chi connectivity index (χ0n) is 9.57. The molecule has 1 heterocycles. The summed E-state index contributed by atoms with van der Waals surface area (Å²) in [6, 6.07) is 1.84. The highest BCUT2D eigenvalue weighted by Gasteiger charge is 1.96. The van der Waals surface area contributed by atoms with Gasteiger partial charge in [-0.1, -0.05) is 6.42 Å². The van der Waals surface area contributed by atoms with E-state index in [0.717, 1.165) is 18.8 Å². The molecule has 0 amide bonds. The van der Waals surface area contributed by atoms with Crippen molar-refractivity contribution in [3.63, 3.8) is 0 Å². The molecule has 4 N–H and O–H groups in total. The standard InChI is InChI=1S/C10H19N5S/c1-16-8-4-2-3-6-12-9-5-7-13-10(14-9)15-11/h5,7H,2-4,6,8,11H2,1H3,(H2,12,13,14,15). The molecule has 0 atom stereocenters. The molecule has 1 rings (SSSR count). The highest BCUT2D eigenvalue weighted by atomic mass is 32.2. The molecule has 6 heteroatoms. The highest BCUT2D eigenvalue weighted by molar-refractivity contribution is 7.98. The van der Waals surface area contributed by atoms with Crippen molar-refractivity contribution in [2.45, 2.75) is 19.3 Å². The summed E-state index contributed by atoms with van der Waals surface area (Å²) >= 11 is 1.90. The van der Waals surface area contributed by atoms with Crippen LogP contribution in [0, 0.1) is 0 Å². The van der Waals surface area contributed by atoms with Crippen LogP contribution in [0.2, 0.25) is 0 Å². The number of nitrogen functional groups attached to an aromatic ring is 1. The smallest absolute Gasteiger partial charge is 0.239 e. The summed E-state index contributed by atoms with van der Waals surface area (Å²) in [5, 5.41) is 3.24. The van der Waals surface area contributed by atoms with Crippen molar-refractivity contribution in [1.82, 2.24) is 9.97 Å². The maximum absolute atomic E-state index is 5.22. The van der Waals surface area contributed by atoms with Gasteiger partial charge in [-0.3, -0.25) is 5.43 Å². The SMILES string of the molecule is CSCCCCCNc1ccnc(NN)n1. The first-order valence-electron chi connectivity index (χ1n) is 5.39. The molecule has 0 unspecified atom stereocenters. The normalized spacial score (nSPS) is 10.1. The fraction of sp³-hybridized carbons (Fsp3) is 0.600. The number of nitrogens with one attached hydrogen (secondary N) is 2. The van der Waals surface area contributed by atoms with Crippen LogP contribution in [-0.4, -0.2) is 28.5 Å². The first kappa shape index (κ1) is 13.1. The van der Waals surface area contributed by atoms with Crippen molar-refractivity contribution in [2.75, 3.05) is 29.3 Å². The van der Waals surface area contributed by atoms with Gasteiger partial charge in [-0.2, -0.15) is 16.7 Å². The van der Waals surface area contributed by atoms with Gasteiger partial charge in [-0.05, 0) is 30.9 Å². The second-order valence-electron chi connectivity index (χ2n) is 3.39. The lowest BCUT2D eigenvalue weighted by molar-refractivity contribution is 0.748. The van der Waals surface area contributed by atoms with Crippen LogP contribution in [0.1, 0.15) is 19.3 Å². The van der Waals surface area contributed by atoms with Gasteiger partial charge in [-0.25, -0.2) is 10.8 Å². The Balaban J connectivity index is 2.16. The first-order valence-corrected chi connectivity index (χ1v) is 6.78. The molecule has 0 aliphatic rings. The van der Waals surface area contributed by atoms with E-state index < -0.39 is 0 Å². The van der Waals surface area contributed by atoms with Crippen molar-refractivity contribution in [2.24, 2.45) is 5.84 Å². The van der Waals surface area contributed by atoms with E-state index in [9.17, 15) is 0 Å². The number of hydrogen-bond acceptors (Lipinski definition) is 6. The molecule has 0 radical (unpaired) electrons. The summed E-state index contributed by atoms with van der Waals surface area (Å²) in [4.78, 5) is 8.10. The van der Waals surface area contributed by atoms with Crippen LogP contribution in [0.25, 0.3) is 0 Å². The van der Waals surface area contributed by atoms with Crippen LogP contribution >= 0.6 is 11.8 Å². The van der Waals surface area contributed by atoms with Gasteiger partial charge >= 0.3 is 0 Å². The van der Waals surface area contributed by atoms with E-state index in [4.69, 9.17) is 5.84 Å². The van der Waals surface area contributed by atoms with E-state index in [2.05, 4.69) is 27.0 Å². The van der Waals surface area contributed by atoms with E-state index in [0.29, 0.717) is 5.95 Å². The Morgan fingerprint density at radius 3 is 3.00 bits per heavy atom. The average Bonchev–Trinajstić information content (AvgIpc) is 2.34. The molecule has 0 aliphatic carbocycles. The zero-order chi connectivity index (χ0) is 11.6. The zero-order valence-corrected chi connectivity index (χ0v) is 10.4. The molecular weight excluding hydrogens is 222 g/mol. The number of anilines is 2. The molecular formula is C10H19N5S. The van der Waals surface area contributed by atoms with Gasteiger partial charge < -0.3 is 5.32 Å². The second-order valence-corrected chi connectivity index (χ2v) is 4.38. The third-order valence-corrected chi connectivity index (χ3v) is 2.81. The van der Waals surface area contributed by atoms with Gasteiger partial charge in [0, 0.05) is 12.7 Å². The Morgan fingerprint density at radius 2 is 2.25 bits per heavy atom. The summed E-state index contributed by atoms with van der Waals surface area (Å²) in [7, 11) is 0. The molecule has 90 valence electrons. The van der Waals surface area contributed by atoms with E-state index >= 15 is 0 Å². The predicted octanol–water partition coefficient (Wildman–Crippen LogP) is 1.71. The van der Waals surface area contributed by atoms with Crippen LogP contribution in [-0.2, 0) is 0 Å². The number of nitrogens with two attached hydrogens (primary N) is 1. The highest BCUT2D eigenvalue weighted by Crippen LogP contribution is 2.06. The van der Waals surface area contributed by atoms with E-state index in [1.165, 1.54) is 18.6 Å². The Morgan fingerprint density at radius 1 is 1.38 bits per heavy atom. The Bertz CT molecular complexity index is 294. The third-order valence-electron chi connectivity index (χ3n) is 2.12. The fourth-order valence-corrected chi connectivity index (χ4v) is 1.78. The van der Waals surface area contributed by atoms with Gasteiger partial charge in [-0.15, -0.1) is 0 Å². The quantitative estimate of drug-likeness (QED) is 0.365. The third kappa shape index (κ3) is 5.18. The Kier molecular flexibility index (Phi) is 6.67. The number of rotatable bonds is 8. The lowest BCUT2D eigenvalue weighted by Gasteiger charge is -2.06. The van der Waals surface area contributed by atoms with Gasteiger partial charge in [0.25, 0.3) is 0 Å². The minimum absolute atomic E-state index is 0.437. The maximum Gasteiger partial charge on any atom is 0.239 e. The molecule has 0 aromatic carbocycles. The molecule has 0 spiro atoms. The fourth-order valence-electron chi connectivity index (χ4n) is 1.29. The van der Waals surface area contributed by atoms with Crippen LogP contribution < -0.4 is 16.6 Å². The van der Waals surface area contributed by atoms with Crippen molar-refractivity contribution >= 4 is 23.5 Å². The summed E-state index contributed by atoms with van der Waals surface area (Å²) < 4.78 is 0. The Labute approximate surface area is 101 Å². The van der Waals surface area contributed by atoms with Crippen LogP contribution in [0.5, 0.6) is 0 Å². The lowest BCUT2D eigenvalue weighted by atomic mass is 10.2. The first-order chi connectivity index (χ1) is 7.86. The summed E-state index contributed by atoms with van der Waals surface area (Å²) in [5.74, 6) is 7.72.